The zero-order chi connectivity index (χ0) is 13.9. The molecule has 4 heteroatoms. The molecule has 0 radical (unpaired) electrons. The van der Waals surface area contributed by atoms with Gasteiger partial charge in [-0.3, -0.25) is 4.68 Å². The summed E-state index contributed by atoms with van der Waals surface area (Å²) in [5.74, 6) is 0. The molecule has 1 aromatic heterocycles. The highest BCUT2D eigenvalue weighted by molar-refractivity contribution is 5.24. The lowest BCUT2D eigenvalue weighted by molar-refractivity contribution is 0.0679. The van der Waals surface area contributed by atoms with Crippen molar-refractivity contribution < 1.29 is 5.11 Å². The molecule has 2 aliphatic carbocycles. The Kier molecular flexibility index (Phi) is 4.41. The van der Waals surface area contributed by atoms with Crippen LogP contribution in [0.2, 0.25) is 0 Å². The van der Waals surface area contributed by atoms with Gasteiger partial charge in [-0.15, -0.1) is 0 Å². The SMILES string of the molecule is CCNC1CCCCc2c1cnn2C1CCCCC1O. The van der Waals surface area contributed by atoms with E-state index in [1.807, 2.05) is 0 Å². The molecule has 4 nitrogen and oxygen atoms in total. The Balaban J connectivity index is 1.89. The van der Waals surface area contributed by atoms with Crippen molar-refractivity contribution in [3.05, 3.63) is 17.5 Å². The highest BCUT2D eigenvalue weighted by Gasteiger charge is 2.30. The van der Waals surface area contributed by atoms with E-state index in [4.69, 9.17) is 0 Å². The van der Waals surface area contributed by atoms with Gasteiger partial charge in [0.25, 0.3) is 0 Å². The molecule has 20 heavy (non-hydrogen) atoms. The summed E-state index contributed by atoms with van der Waals surface area (Å²) in [7, 11) is 0. The second-order valence-electron chi connectivity index (χ2n) is 6.27. The van der Waals surface area contributed by atoms with E-state index in [9.17, 15) is 5.11 Å². The third kappa shape index (κ3) is 2.63. The van der Waals surface area contributed by atoms with Gasteiger partial charge in [0.2, 0.25) is 0 Å². The maximum absolute atomic E-state index is 10.3. The Bertz CT molecular complexity index is 443. The Hall–Kier alpha value is -0.870. The fourth-order valence-electron chi connectivity index (χ4n) is 3.87. The van der Waals surface area contributed by atoms with Crippen LogP contribution in [0.15, 0.2) is 6.20 Å². The number of fused-ring (bicyclic) bond motifs is 1. The maximum Gasteiger partial charge on any atom is 0.0781 e. The molecule has 112 valence electrons. The van der Waals surface area contributed by atoms with Gasteiger partial charge in [-0.05, 0) is 38.6 Å². The van der Waals surface area contributed by atoms with Crippen LogP contribution in [0.4, 0.5) is 0 Å². The zero-order valence-corrected chi connectivity index (χ0v) is 12.5. The molecular weight excluding hydrogens is 250 g/mol. The normalized spacial score (nSPS) is 30.8. The van der Waals surface area contributed by atoms with Gasteiger partial charge in [-0.1, -0.05) is 26.2 Å². The fraction of sp³-hybridized carbons (Fsp3) is 0.812. The molecule has 3 rings (SSSR count). The lowest BCUT2D eigenvalue weighted by Crippen LogP contribution is -2.29. The van der Waals surface area contributed by atoms with Crippen LogP contribution in [0, 0.1) is 0 Å². The average molecular weight is 277 g/mol. The first kappa shape index (κ1) is 14.1. The summed E-state index contributed by atoms with van der Waals surface area (Å²) >= 11 is 0. The highest BCUT2D eigenvalue weighted by Crippen LogP contribution is 2.34. The topological polar surface area (TPSA) is 50.1 Å². The number of aliphatic hydroxyl groups is 1. The molecule has 0 aliphatic heterocycles. The number of nitrogens with one attached hydrogen (secondary N) is 1. The standard InChI is InChI=1S/C16H27N3O/c1-2-17-13-7-3-4-8-14-12(13)11-18-19(14)15-9-5-6-10-16(15)20/h11,13,15-17,20H,2-10H2,1H3. The number of nitrogens with zero attached hydrogens (tertiary/aromatic N) is 2. The Morgan fingerprint density at radius 1 is 1.25 bits per heavy atom. The van der Waals surface area contributed by atoms with Crippen molar-refractivity contribution in [2.75, 3.05) is 6.54 Å². The number of hydrogen-bond donors (Lipinski definition) is 2. The molecule has 1 heterocycles. The third-order valence-electron chi connectivity index (χ3n) is 4.92. The van der Waals surface area contributed by atoms with Crippen molar-refractivity contribution >= 4 is 0 Å². The van der Waals surface area contributed by atoms with Gasteiger partial charge >= 0.3 is 0 Å². The van der Waals surface area contributed by atoms with Gasteiger partial charge in [-0.25, -0.2) is 0 Å². The van der Waals surface area contributed by atoms with Crippen LogP contribution >= 0.6 is 0 Å². The van der Waals surface area contributed by atoms with Crippen molar-refractivity contribution in [1.82, 2.24) is 15.1 Å². The van der Waals surface area contributed by atoms with Gasteiger partial charge in [0.1, 0.15) is 0 Å². The summed E-state index contributed by atoms with van der Waals surface area (Å²) in [6.07, 6.45) is 11.0. The van der Waals surface area contributed by atoms with E-state index in [-0.39, 0.29) is 12.1 Å². The zero-order valence-electron chi connectivity index (χ0n) is 12.5. The first-order chi connectivity index (χ1) is 9.81. The molecule has 3 atom stereocenters. The molecule has 2 N–H and O–H groups in total. The molecule has 0 bridgehead atoms. The van der Waals surface area contributed by atoms with Crippen molar-refractivity contribution in [2.45, 2.75) is 76.5 Å². The molecule has 0 spiro atoms. The maximum atomic E-state index is 10.3. The first-order valence-corrected chi connectivity index (χ1v) is 8.29. The number of aromatic nitrogens is 2. The second kappa shape index (κ2) is 6.27. The lowest BCUT2D eigenvalue weighted by Gasteiger charge is -2.29. The summed E-state index contributed by atoms with van der Waals surface area (Å²) in [4.78, 5) is 0. The molecule has 0 saturated heterocycles. The van der Waals surface area contributed by atoms with Crippen LogP contribution in [-0.4, -0.2) is 27.5 Å². The van der Waals surface area contributed by atoms with Crippen LogP contribution in [0.1, 0.15) is 75.2 Å². The van der Waals surface area contributed by atoms with E-state index in [2.05, 4.69) is 28.2 Å². The predicted octanol–water partition coefficient (Wildman–Crippen LogP) is 2.74. The van der Waals surface area contributed by atoms with E-state index in [1.165, 1.54) is 36.9 Å². The Morgan fingerprint density at radius 2 is 2.05 bits per heavy atom. The van der Waals surface area contributed by atoms with Crippen LogP contribution < -0.4 is 5.32 Å². The van der Waals surface area contributed by atoms with Crippen molar-refractivity contribution in [1.29, 1.82) is 0 Å². The average Bonchev–Trinajstić information content (AvgIpc) is 2.76. The van der Waals surface area contributed by atoms with Crippen molar-refractivity contribution in [2.24, 2.45) is 0 Å². The Morgan fingerprint density at radius 3 is 2.85 bits per heavy atom. The number of rotatable bonds is 3. The molecular formula is C16H27N3O. The Labute approximate surface area is 121 Å². The molecule has 0 aromatic carbocycles. The third-order valence-corrected chi connectivity index (χ3v) is 4.92. The van der Waals surface area contributed by atoms with Gasteiger partial charge in [0, 0.05) is 17.3 Å². The minimum absolute atomic E-state index is 0.202. The predicted molar refractivity (Wildman–Crippen MR) is 79.7 cm³/mol. The second-order valence-corrected chi connectivity index (χ2v) is 6.27. The molecule has 2 aliphatic rings. The molecule has 1 fully saturated rings. The van der Waals surface area contributed by atoms with Crippen LogP contribution in [-0.2, 0) is 6.42 Å². The summed E-state index contributed by atoms with van der Waals surface area (Å²) in [5, 5.41) is 18.6. The van der Waals surface area contributed by atoms with Gasteiger partial charge in [0.05, 0.1) is 18.3 Å². The van der Waals surface area contributed by atoms with E-state index in [0.29, 0.717) is 6.04 Å². The summed E-state index contributed by atoms with van der Waals surface area (Å²) in [5.41, 5.74) is 2.75. The smallest absolute Gasteiger partial charge is 0.0781 e. The molecule has 0 amide bonds. The first-order valence-electron chi connectivity index (χ1n) is 8.29. The van der Waals surface area contributed by atoms with Crippen molar-refractivity contribution in [3.8, 4) is 0 Å². The number of aliphatic hydroxyl groups excluding tert-OH is 1. The van der Waals surface area contributed by atoms with Crippen LogP contribution in [0.25, 0.3) is 0 Å². The van der Waals surface area contributed by atoms with E-state index < -0.39 is 0 Å². The fourth-order valence-corrected chi connectivity index (χ4v) is 3.87. The monoisotopic (exact) mass is 277 g/mol. The van der Waals surface area contributed by atoms with Crippen LogP contribution in [0.3, 0.4) is 0 Å². The quantitative estimate of drug-likeness (QED) is 0.835. The summed E-state index contributed by atoms with van der Waals surface area (Å²) in [6, 6.07) is 0.653. The van der Waals surface area contributed by atoms with E-state index >= 15 is 0 Å². The molecule has 3 unspecified atom stereocenters. The van der Waals surface area contributed by atoms with Crippen LogP contribution in [0.5, 0.6) is 0 Å². The van der Waals surface area contributed by atoms with Crippen molar-refractivity contribution in [3.63, 3.8) is 0 Å². The molecule has 1 aromatic rings. The van der Waals surface area contributed by atoms with E-state index in [0.717, 1.165) is 32.2 Å². The minimum atomic E-state index is -0.214. The summed E-state index contributed by atoms with van der Waals surface area (Å²) in [6.45, 7) is 3.17. The highest BCUT2D eigenvalue weighted by atomic mass is 16.3. The van der Waals surface area contributed by atoms with Gasteiger partial charge in [0.15, 0.2) is 0 Å². The van der Waals surface area contributed by atoms with Gasteiger partial charge in [-0.2, -0.15) is 5.10 Å². The van der Waals surface area contributed by atoms with Gasteiger partial charge < -0.3 is 10.4 Å². The number of hydrogen-bond acceptors (Lipinski definition) is 3. The lowest BCUT2D eigenvalue weighted by atomic mass is 9.92. The minimum Gasteiger partial charge on any atom is -0.391 e. The largest absolute Gasteiger partial charge is 0.391 e. The summed E-state index contributed by atoms with van der Waals surface area (Å²) < 4.78 is 2.16. The molecule has 1 saturated carbocycles. The van der Waals surface area contributed by atoms with E-state index in [1.54, 1.807) is 0 Å².